The summed E-state index contributed by atoms with van der Waals surface area (Å²) in [5, 5.41) is 14.4. The minimum absolute atomic E-state index is 0.0659. The van der Waals surface area contributed by atoms with Crippen LogP contribution in [0.5, 0.6) is 11.5 Å². The number of fused-ring (bicyclic) bond motifs is 2. The predicted molar refractivity (Wildman–Crippen MR) is 120 cm³/mol. The Morgan fingerprint density at radius 3 is 2.62 bits per heavy atom. The van der Waals surface area contributed by atoms with Gasteiger partial charge in [-0.05, 0) is 48.6 Å². The molecule has 1 aromatic heterocycles. The van der Waals surface area contributed by atoms with Crippen LogP contribution in [0.25, 0.3) is 10.9 Å². The van der Waals surface area contributed by atoms with Crippen molar-refractivity contribution in [1.82, 2.24) is 14.7 Å². The van der Waals surface area contributed by atoms with E-state index in [1.165, 1.54) is 40.8 Å². The van der Waals surface area contributed by atoms with Crippen LogP contribution in [0.2, 0.25) is 0 Å². The molecule has 8 nitrogen and oxygen atoms in total. The first-order chi connectivity index (χ1) is 17.4. The van der Waals surface area contributed by atoms with Crippen molar-refractivity contribution < 1.29 is 41.8 Å². The van der Waals surface area contributed by atoms with Crippen LogP contribution in [0.4, 0.5) is 17.6 Å². The van der Waals surface area contributed by atoms with Gasteiger partial charge in [0.05, 0.1) is 11.6 Å². The van der Waals surface area contributed by atoms with Crippen molar-refractivity contribution >= 4 is 28.4 Å². The van der Waals surface area contributed by atoms with Gasteiger partial charge >= 0.3 is 6.36 Å². The zero-order valence-electron chi connectivity index (χ0n) is 19.5. The number of halogens is 4. The fraction of sp³-hybridized carbons (Fsp3) is 0.360. The van der Waals surface area contributed by atoms with E-state index in [1.54, 1.807) is 0 Å². The summed E-state index contributed by atoms with van der Waals surface area (Å²) in [6, 6.07) is 6.47. The minimum atomic E-state index is -5.09. The maximum atomic E-state index is 14.6. The van der Waals surface area contributed by atoms with E-state index < -0.39 is 42.1 Å². The number of ether oxygens (including phenoxy) is 1. The number of aromatic hydroxyl groups is 1. The highest BCUT2D eigenvalue weighted by molar-refractivity contribution is 6.05. The molecule has 0 unspecified atom stereocenters. The number of carbonyl (C=O) groups is 3. The number of hydrogen-bond acceptors (Lipinski definition) is 6. The topological polar surface area (TPSA) is 102 Å². The van der Waals surface area contributed by atoms with Crippen molar-refractivity contribution in [1.29, 1.82) is 0 Å². The SMILES string of the molecule is CC(=O)c1nn(CC(=O)N2[C@@H]3C[C@@H]3C[C@H]2C(=O)Cc2cccc(OC(F)(F)F)c2F)c2ccc(O)cc12. The molecule has 12 heteroatoms. The van der Waals surface area contributed by atoms with Gasteiger partial charge in [-0.15, -0.1) is 13.2 Å². The fourth-order valence-corrected chi connectivity index (χ4v) is 5.06. The van der Waals surface area contributed by atoms with Crippen molar-refractivity contribution in [2.75, 3.05) is 0 Å². The number of ketones is 2. The average molecular weight is 519 g/mol. The summed E-state index contributed by atoms with van der Waals surface area (Å²) in [5.74, 6) is -3.54. The number of phenolic OH excluding ortho intramolecular Hbond substituents is 1. The molecule has 2 aromatic carbocycles. The summed E-state index contributed by atoms with van der Waals surface area (Å²) in [4.78, 5) is 39.9. The zero-order valence-corrected chi connectivity index (χ0v) is 19.5. The van der Waals surface area contributed by atoms with Crippen LogP contribution in [0.15, 0.2) is 36.4 Å². The lowest BCUT2D eigenvalue weighted by Gasteiger charge is -2.27. The smallest absolute Gasteiger partial charge is 0.508 e. The molecule has 2 fully saturated rings. The number of rotatable bonds is 7. The number of benzene rings is 2. The van der Waals surface area contributed by atoms with Gasteiger partial charge in [0, 0.05) is 24.8 Å². The molecule has 2 aliphatic rings. The molecule has 0 spiro atoms. The maximum absolute atomic E-state index is 14.6. The number of likely N-dealkylation sites (tertiary alicyclic amines) is 1. The first-order valence-electron chi connectivity index (χ1n) is 11.5. The number of aromatic nitrogens is 2. The molecule has 1 saturated heterocycles. The van der Waals surface area contributed by atoms with Crippen molar-refractivity contribution in [3.63, 3.8) is 0 Å². The highest BCUT2D eigenvalue weighted by Crippen LogP contribution is 2.48. The van der Waals surface area contributed by atoms with Crippen molar-refractivity contribution in [3.8, 4) is 11.5 Å². The van der Waals surface area contributed by atoms with E-state index in [9.17, 15) is 37.1 Å². The number of carbonyl (C=O) groups excluding carboxylic acids is 3. The monoisotopic (exact) mass is 519 g/mol. The Morgan fingerprint density at radius 1 is 1.16 bits per heavy atom. The highest BCUT2D eigenvalue weighted by Gasteiger charge is 2.55. The first kappa shape index (κ1) is 24.7. The predicted octanol–water partition coefficient (Wildman–Crippen LogP) is 3.78. The Kier molecular flexibility index (Phi) is 5.92. The van der Waals surface area contributed by atoms with E-state index >= 15 is 0 Å². The Morgan fingerprint density at radius 2 is 1.92 bits per heavy atom. The zero-order chi connectivity index (χ0) is 26.6. The van der Waals surface area contributed by atoms with Gasteiger partial charge in [0.25, 0.3) is 0 Å². The van der Waals surface area contributed by atoms with Crippen LogP contribution in [0.1, 0.15) is 35.8 Å². The number of nitrogens with zero attached hydrogens (tertiary/aromatic N) is 3. The number of phenols is 1. The number of piperidine rings is 1. The second-order valence-electron chi connectivity index (χ2n) is 9.30. The number of alkyl halides is 3. The van der Waals surface area contributed by atoms with Crippen molar-refractivity contribution in [3.05, 3.63) is 53.5 Å². The van der Waals surface area contributed by atoms with Gasteiger partial charge in [0.2, 0.25) is 5.91 Å². The summed E-state index contributed by atoms with van der Waals surface area (Å²) in [5.41, 5.74) is 0.284. The molecule has 194 valence electrons. The van der Waals surface area contributed by atoms with E-state index in [-0.39, 0.29) is 41.3 Å². The second kappa shape index (κ2) is 8.86. The third kappa shape index (κ3) is 4.75. The molecule has 0 bridgehead atoms. The highest BCUT2D eigenvalue weighted by atomic mass is 19.4. The van der Waals surface area contributed by atoms with Gasteiger partial charge in [0.15, 0.2) is 23.1 Å². The molecule has 1 saturated carbocycles. The maximum Gasteiger partial charge on any atom is 0.573 e. The average Bonchev–Trinajstić information content (AvgIpc) is 3.32. The molecular weight excluding hydrogens is 498 g/mol. The molecule has 3 atom stereocenters. The molecule has 2 heterocycles. The normalized spacial score (nSPS) is 20.7. The van der Waals surface area contributed by atoms with E-state index in [1.807, 2.05) is 0 Å². The van der Waals surface area contributed by atoms with E-state index in [2.05, 4.69) is 9.84 Å². The largest absolute Gasteiger partial charge is 0.573 e. The molecule has 1 amide bonds. The summed E-state index contributed by atoms with van der Waals surface area (Å²) in [7, 11) is 0. The fourth-order valence-electron chi connectivity index (χ4n) is 5.06. The number of amides is 1. The Bertz CT molecular complexity index is 1430. The van der Waals surface area contributed by atoms with E-state index in [0.717, 1.165) is 12.1 Å². The van der Waals surface area contributed by atoms with Crippen LogP contribution >= 0.6 is 0 Å². The molecule has 3 aromatic rings. The molecule has 37 heavy (non-hydrogen) atoms. The first-order valence-corrected chi connectivity index (χ1v) is 11.5. The van der Waals surface area contributed by atoms with Crippen molar-refractivity contribution in [2.24, 2.45) is 5.92 Å². The Hall–Kier alpha value is -3.96. The van der Waals surface area contributed by atoms with Gasteiger partial charge in [-0.2, -0.15) is 5.10 Å². The van der Waals surface area contributed by atoms with Gasteiger partial charge in [-0.3, -0.25) is 19.1 Å². The Labute approximate surface area is 207 Å². The standard InChI is InChI=1S/C25H21F4N3O5/c1-12(33)24-16-10-15(34)5-6-17(16)31(30-24)11-22(36)32-18-7-14(18)8-19(32)20(35)9-13-3-2-4-21(23(13)26)37-25(27,28)29/h2-6,10,14,18-19,34H,7-9,11H2,1H3/t14-,18-,19+/m1/s1. The summed E-state index contributed by atoms with van der Waals surface area (Å²) in [6.45, 7) is 1.04. The molecule has 1 aliphatic carbocycles. The van der Waals surface area contributed by atoms with Gasteiger partial charge in [-0.25, -0.2) is 4.39 Å². The molecule has 1 aliphatic heterocycles. The number of hydrogen-bond donors (Lipinski definition) is 1. The van der Waals surface area contributed by atoms with Crippen LogP contribution in [0, 0.1) is 11.7 Å². The third-order valence-corrected chi connectivity index (χ3v) is 6.75. The molecule has 0 radical (unpaired) electrons. The van der Waals surface area contributed by atoms with Crippen molar-refractivity contribution in [2.45, 2.75) is 51.2 Å². The minimum Gasteiger partial charge on any atom is -0.508 e. The van der Waals surface area contributed by atoms with Crippen LogP contribution in [0.3, 0.4) is 0 Å². The quantitative estimate of drug-likeness (QED) is 0.377. The van der Waals surface area contributed by atoms with Crippen LogP contribution < -0.4 is 4.74 Å². The summed E-state index contributed by atoms with van der Waals surface area (Å²) in [6.07, 6.45) is -4.50. The molecule has 1 N–H and O–H groups in total. The van der Waals surface area contributed by atoms with Crippen LogP contribution in [-0.2, 0) is 22.6 Å². The van der Waals surface area contributed by atoms with Crippen LogP contribution in [-0.4, -0.2) is 55.7 Å². The third-order valence-electron chi connectivity index (χ3n) is 6.75. The van der Waals surface area contributed by atoms with E-state index in [0.29, 0.717) is 23.7 Å². The van der Waals surface area contributed by atoms with Gasteiger partial charge in [0.1, 0.15) is 18.0 Å². The van der Waals surface area contributed by atoms with E-state index in [4.69, 9.17) is 0 Å². The summed E-state index contributed by atoms with van der Waals surface area (Å²) >= 11 is 0. The molecule has 5 rings (SSSR count). The lowest BCUT2D eigenvalue weighted by Crippen LogP contribution is -2.45. The Balaban J connectivity index is 1.36. The summed E-state index contributed by atoms with van der Waals surface area (Å²) < 4.78 is 57.3. The van der Waals surface area contributed by atoms with Gasteiger partial charge < -0.3 is 14.7 Å². The number of Topliss-reactive ketones (excluding diaryl/α,β-unsaturated/α-hetero) is 2. The second-order valence-corrected chi connectivity index (χ2v) is 9.30. The lowest BCUT2D eigenvalue weighted by atomic mass is 9.99. The van der Waals surface area contributed by atoms with Gasteiger partial charge in [-0.1, -0.05) is 12.1 Å². The molecular formula is C25H21F4N3O5. The lowest BCUT2D eigenvalue weighted by molar-refractivity contribution is -0.275.